The van der Waals surface area contributed by atoms with E-state index in [0.717, 1.165) is 5.56 Å². The molecule has 0 bridgehead atoms. The van der Waals surface area contributed by atoms with Gasteiger partial charge in [0.15, 0.2) is 5.69 Å². The van der Waals surface area contributed by atoms with E-state index in [4.69, 9.17) is 17.3 Å². The lowest BCUT2D eigenvalue weighted by Gasteiger charge is -2.25. The fourth-order valence-electron chi connectivity index (χ4n) is 2.52. The predicted octanol–water partition coefficient (Wildman–Crippen LogP) is 1.39. The number of hydrogen-bond acceptors (Lipinski definition) is 4. The SMILES string of the molecule is CC(C)CN(C(=O)CCl)c1c(N)n(Cc2ccccc2)c(=O)[nH]c1=O. The van der Waals surface area contributed by atoms with Crippen LogP contribution in [0.4, 0.5) is 11.5 Å². The van der Waals surface area contributed by atoms with Crippen molar-refractivity contribution >= 4 is 29.0 Å². The first-order valence-corrected chi connectivity index (χ1v) is 8.41. The van der Waals surface area contributed by atoms with E-state index < -0.39 is 17.2 Å². The van der Waals surface area contributed by atoms with Crippen molar-refractivity contribution in [2.75, 3.05) is 23.1 Å². The summed E-state index contributed by atoms with van der Waals surface area (Å²) in [6, 6.07) is 9.22. The van der Waals surface area contributed by atoms with Gasteiger partial charge in [-0.05, 0) is 11.5 Å². The van der Waals surface area contributed by atoms with Gasteiger partial charge in [0.2, 0.25) is 5.91 Å². The maximum absolute atomic E-state index is 12.3. The number of carbonyl (C=O) groups is 1. The quantitative estimate of drug-likeness (QED) is 0.756. The molecule has 1 aromatic heterocycles. The maximum atomic E-state index is 12.3. The van der Waals surface area contributed by atoms with Gasteiger partial charge >= 0.3 is 5.69 Å². The van der Waals surface area contributed by atoms with Crippen molar-refractivity contribution in [2.24, 2.45) is 5.92 Å². The highest BCUT2D eigenvalue weighted by Gasteiger charge is 2.24. The molecule has 0 atom stereocenters. The van der Waals surface area contributed by atoms with Crippen LogP contribution in [0.3, 0.4) is 0 Å². The third-order valence-electron chi connectivity index (χ3n) is 3.63. The molecule has 134 valence electrons. The van der Waals surface area contributed by atoms with Crippen LogP contribution in [0.5, 0.6) is 0 Å². The number of rotatable bonds is 6. The minimum absolute atomic E-state index is 0.0464. The third kappa shape index (κ3) is 4.30. The van der Waals surface area contributed by atoms with Crippen molar-refractivity contribution in [3.8, 4) is 0 Å². The second-order valence-corrected chi connectivity index (χ2v) is 6.36. The minimum Gasteiger partial charge on any atom is -0.383 e. The summed E-state index contributed by atoms with van der Waals surface area (Å²) < 4.78 is 1.24. The molecule has 0 radical (unpaired) electrons. The highest BCUT2D eigenvalue weighted by molar-refractivity contribution is 6.29. The Hall–Kier alpha value is -2.54. The number of aromatic nitrogens is 2. The summed E-state index contributed by atoms with van der Waals surface area (Å²) in [6.07, 6.45) is 0. The molecule has 0 saturated heterocycles. The zero-order valence-corrected chi connectivity index (χ0v) is 14.9. The summed E-state index contributed by atoms with van der Waals surface area (Å²) in [5, 5.41) is 0. The fraction of sp³-hybridized carbons (Fsp3) is 0.353. The predicted molar refractivity (Wildman–Crippen MR) is 99.2 cm³/mol. The minimum atomic E-state index is -0.703. The molecule has 7 nitrogen and oxygen atoms in total. The van der Waals surface area contributed by atoms with E-state index in [1.807, 2.05) is 44.2 Å². The molecule has 0 fully saturated rings. The highest BCUT2D eigenvalue weighted by atomic mass is 35.5. The summed E-state index contributed by atoms with van der Waals surface area (Å²) in [4.78, 5) is 40.2. The average molecular weight is 365 g/mol. The van der Waals surface area contributed by atoms with Crippen molar-refractivity contribution in [3.63, 3.8) is 0 Å². The Morgan fingerprint density at radius 2 is 1.92 bits per heavy atom. The molecule has 0 aliphatic carbocycles. The molecule has 25 heavy (non-hydrogen) atoms. The number of carbonyl (C=O) groups excluding carboxylic acids is 1. The van der Waals surface area contributed by atoms with Crippen LogP contribution in [0.15, 0.2) is 39.9 Å². The number of halogens is 1. The lowest BCUT2D eigenvalue weighted by molar-refractivity contribution is -0.116. The summed E-state index contributed by atoms with van der Waals surface area (Å²) in [6.45, 7) is 4.25. The van der Waals surface area contributed by atoms with Crippen molar-refractivity contribution in [1.29, 1.82) is 0 Å². The molecular weight excluding hydrogens is 344 g/mol. The van der Waals surface area contributed by atoms with Crippen LogP contribution in [0, 0.1) is 5.92 Å². The zero-order chi connectivity index (χ0) is 18.6. The maximum Gasteiger partial charge on any atom is 0.330 e. The number of amides is 1. The number of alkyl halides is 1. The largest absolute Gasteiger partial charge is 0.383 e. The number of hydrogen-bond donors (Lipinski definition) is 2. The van der Waals surface area contributed by atoms with Gasteiger partial charge in [0, 0.05) is 6.54 Å². The number of nitrogens with two attached hydrogens (primary N) is 1. The molecule has 0 spiro atoms. The number of H-pyrrole nitrogens is 1. The fourth-order valence-corrected chi connectivity index (χ4v) is 2.66. The third-order valence-corrected chi connectivity index (χ3v) is 3.86. The molecule has 2 aromatic rings. The Kier molecular flexibility index (Phi) is 6.03. The monoisotopic (exact) mass is 364 g/mol. The second-order valence-electron chi connectivity index (χ2n) is 6.10. The molecule has 0 unspecified atom stereocenters. The van der Waals surface area contributed by atoms with E-state index >= 15 is 0 Å². The standard InChI is InChI=1S/C17H21ClN4O3/c1-11(2)9-21(13(23)8-18)14-15(19)22(17(25)20-16(14)24)10-12-6-4-3-5-7-12/h3-7,11H,8-10,19H2,1-2H3,(H,20,24,25). The van der Waals surface area contributed by atoms with Gasteiger partial charge in [-0.2, -0.15) is 0 Å². The first-order valence-electron chi connectivity index (χ1n) is 7.88. The van der Waals surface area contributed by atoms with E-state index in [0.29, 0.717) is 0 Å². The highest BCUT2D eigenvalue weighted by Crippen LogP contribution is 2.19. The van der Waals surface area contributed by atoms with E-state index in [1.54, 1.807) is 0 Å². The van der Waals surface area contributed by atoms with Crippen LogP contribution in [0.2, 0.25) is 0 Å². The van der Waals surface area contributed by atoms with Gasteiger partial charge in [0.1, 0.15) is 11.7 Å². The normalized spacial score (nSPS) is 10.9. The molecule has 0 aliphatic rings. The molecule has 1 aromatic carbocycles. The van der Waals surface area contributed by atoms with Crippen LogP contribution in [-0.2, 0) is 11.3 Å². The summed E-state index contributed by atoms with van der Waals surface area (Å²) >= 11 is 5.67. The number of nitrogens with one attached hydrogen (secondary N) is 1. The Labute approximate surface area is 150 Å². The molecular formula is C17H21ClN4O3. The van der Waals surface area contributed by atoms with E-state index in [1.165, 1.54) is 9.47 Å². The number of aromatic amines is 1. The number of anilines is 2. The van der Waals surface area contributed by atoms with Gasteiger partial charge in [-0.1, -0.05) is 44.2 Å². The Balaban J connectivity index is 2.58. The molecule has 2 rings (SSSR count). The van der Waals surface area contributed by atoms with Crippen LogP contribution >= 0.6 is 11.6 Å². The van der Waals surface area contributed by atoms with Crippen LogP contribution < -0.4 is 21.9 Å². The van der Waals surface area contributed by atoms with Gasteiger partial charge in [-0.25, -0.2) is 4.79 Å². The molecule has 0 aliphatic heterocycles. The van der Waals surface area contributed by atoms with Crippen LogP contribution in [-0.4, -0.2) is 27.9 Å². The molecule has 3 N–H and O–H groups in total. The van der Waals surface area contributed by atoms with Crippen molar-refractivity contribution in [1.82, 2.24) is 9.55 Å². The molecule has 1 amide bonds. The number of nitrogens with zero attached hydrogens (tertiary/aromatic N) is 2. The Morgan fingerprint density at radius 1 is 1.28 bits per heavy atom. The summed E-state index contributed by atoms with van der Waals surface area (Å²) in [5.74, 6) is -0.710. The second kappa shape index (κ2) is 8.02. The molecule has 0 saturated carbocycles. The first kappa shape index (κ1) is 18.8. The van der Waals surface area contributed by atoms with Crippen molar-refractivity contribution in [3.05, 3.63) is 56.7 Å². The molecule has 1 heterocycles. The van der Waals surface area contributed by atoms with Gasteiger partial charge in [-0.15, -0.1) is 11.6 Å². The smallest absolute Gasteiger partial charge is 0.330 e. The van der Waals surface area contributed by atoms with Crippen molar-refractivity contribution in [2.45, 2.75) is 20.4 Å². The topological polar surface area (TPSA) is 101 Å². The Bertz CT molecular complexity index is 858. The number of nitrogen functional groups attached to an aromatic ring is 1. The van der Waals surface area contributed by atoms with Gasteiger partial charge in [0.05, 0.1) is 6.54 Å². The summed E-state index contributed by atoms with van der Waals surface area (Å²) in [5.41, 5.74) is 5.57. The van der Waals surface area contributed by atoms with E-state index in [2.05, 4.69) is 4.98 Å². The lowest BCUT2D eigenvalue weighted by atomic mass is 10.2. The Morgan fingerprint density at radius 3 is 2.48 bits per heavy atom. The van der Waals surface area contributed by atoms with Crippen molar-refractivity contribution < 1.29 is 4.79 Å². The van der Waals surface area contributed by atoms with Crippen LogP contribution in [0.1, 0.15) is 19.4 Å². The zero-order valence-electron chi connectivity index (χ0n) is 14.2. The van der Waals surface area contributed by atoms with E-state index in [-0.39, 0.29) is 36.4 Å². The van der Waals surface area contributed by atoms with E-state index in [9.17, 15) is 14.4 Å². The lowest BCUT2D eigenvalue weighted by Crippen LogP contribution is -2.43. The van der Waals surface area contributed by atoms with Gasteiger partial charge in [0.25, 0.3) is 5.56 Å². The first-order chi connectivity index (χ1) is 11.8. The average Bonchev–Trinajstić information content (AvgIpc) is 2.57. The van der Waals surface area contributed by atoms with Crippen LogP contribution in [0.25, 0.3) is 0 Å². The van der Waals surface area contributed by atoms with Gasteiger partial charge in [-0.3, -0.25) is 19.1 Å². The molecule has 8 heteroatoms. The summed E-state index contributed by atoms with van der Waals surface area (Å²) in [7, 11) is 0. The number of benzene rings is 1. The van der Waals surface area contributed by atoms with Gasteiger partial charge < -0.3 is 10.6 Å².